The van der Waals surface area contributed by atoms with Crippen molar-refractivity contribution >= 4 is 15.8 Å². The van der Waals surface area contributed by atoms with E-state index in [0.29, 0.717) is 11.1 Å². The maximum atomic E-state index is 11.8. The van der Waals surface area contributed by atoms with Gasteiger partial charge in [-0.05, 0) is 30.5 Å². The maximum absolute atomic E-state index is 11.8. The summed E-state index contributed by atoms with van der Waals surface area (Å²) in [6.45, 7) is 0.992. The highest BCUT2D eigenvalue weighted by Crippen LogP contribution is 2.14. The van der Waals surface area contributed by atoms with E-state index in [1.807, 2.05) is 0 Å². The summed E-state index contributed by atoms with van der Waals surface area (Å²) in [4.78, 5) is 11.8. The zero-order valence-electron chi connectivity index (χ0n) is 11.4. The molecule has 0 aliphatic carbocycles. The first-order chi connectivity index (χ1) is 9.44. The maximum Gasteiger partial charge on any atom is 0.338 e. The molecule has 6 heteroatoms. The molecule has 1 aliphatic rings. The van der Waals surface area contributed by atoms with Gasteiger partial charge in [-0.2, -0.15) is 0 Å². The van der Waals surface area contributed by atoms with E-state index in [0.717, 1.165) is 19.4 Å². The number of hydrogen-bond donors (Lipinski definition) is 0. The number of rotatable bonds is 5. The second-order valence-electron chi connectivity index (χ2n) is 5.00. The summed E-state index contributed by atoms with van der Waals surface area (Å²) in [6.07, 6.45) is 3.10. The topological polar surface area (TPSA) is 69.7 Å². The number of hydrogen-bond acceptors (Lipinski definition) is 5. The molecule has 1 saturated heterocycles. The lowest BCUT2D eigenvalue weighted by atomic mass is 10.1. The summed E-state index contributed by atoms with van der Waals surface area (Å²) in [5.74, 6) is -0.440. The average Bonchev–Trinajstić information content (AvgIpc) is 2.88. The summed E-state index contributed by atoms with van der Waals surface area (Å²) >= 11 is 0. The van der Waals surface area contributed by atoms with Crippen molar-refractivity contribution in [1.82, 2.24) is 0 Å². The van der Waals surface area contributed by atoms with Gasteiger partial charge in [0.05, 0.1) is 17.4 Å². The van der Waals surface area contributed by atoms with Crippen molar-refractivity contribution < 1.29 is 22.7 Å². The molecule has 5 nitrogen and oxygen atoms in total. The van der Waals surface area contributed by atoms with Gasteiger partial charge < -0.3 is 9.47 Å². The highest BCUT2D eigenvalue weighted by molar-refractivity contribution is 7.89. The van der Waals surface area contributed by atoms with E-state index in [9.17, 15) is 13.2 Å². The number of carbonyl (C=O) groups excluding carboxylic acids is 1. The lowest BCUT2D eigenvalue weighted by Gasteiger charge is -2.10. The third-order valence-corrected chi connectivity index (χ3v) is 3.90. The largest absolute Gasteiger partial charge is 0.459 e. The number of benzene rings is 1. The first kappa shape index (κ1) is 15.0. The van der Waals surface area contributed by atoms with E-state index in [1.54, 1.807) is 24.3 Å². The molecular formula is C14H18O5S. The van der Waals surface area contributed by atoms with Gasteiger partial charge in [0.15, 0.2) is 9.84 Å². The van der Waals surface area contributed by atoms with Gasteiger partial charge in [0.25, 0.3) is 0 Å². The molecule has 0 radical (unpaired) electrons. The van der Waals surface area contributed by atoms with E-state index in [1.165, 1.54) is 6.26 Å². The summed E-state index contributed by atoms with van der Waals surface area (Å²) in [6, 6.07) is 6.42. The molecule has 0 spiro atoms. The van der Waals surface area contributed by atoms with Crippen molar-refractivity contribution in [2.45, 2.75) is 24.7 Å². The van der Waals surface area contributed by atoms with Crippen molar-refractivity contribution in [3.05, 3.63) is 35.4 Å². The molecule has 1 atom stereocenters. The van der Waals surface area contributed by atoms with Crippen LogP contribution in [-0.2, 0) is 25.1 Å². The molecule has 1 aliphatic heterocycles. The van der Waals surface area contributed by atoms with E-state index in [-0.39, 0.29) is 18.5 Å². The fourth-order valence-electron chi connectivity index (χ4n) is 2.07. The zero-order valence-corrected chi connectivity index (χ0v) is 12.2. The summed E-state index contributed by atoms with van der Waals surface area (Å²) in [5, 5.41) is 0. The fourth-order valence-corrected chi connectivity index (χ4v) is 2.87. The molecule has 0 bridgehead atoms. The predicted molar refractivity (Wildman–Crippen MR) is 74.2 cm³/mol. The van der Waals surface area contributed by atoms with Crippen LogP contribution in [0.25, 0.3) is 0 Å². The van der Waals surface area contributed by atoms with Crippen LogP contribution < -0.4 is 0 Å². The number of sulfone groups is 1. The predicted octanol–water partition coefficient (Wildman–Crippen LogP) is 1.57. The normalized spacial score (nSPS) is 18.9. The van der Waals surface area contributed by atoms with Gasteiger partial charge in [0, 0.05) is 12.9 Å². The molecule has 0 saturated carbocycles. The number of esters is 1. The highest BCUT2D eigenvalue weighted by atomic mass is 32.2. The standard InChI is InChI=1S/C14H18O5S/c1-20(16,17)10-11-4-6-12(7-5-11)14(15)19-9-13-3-2-8-18-13/h4-7,13H,2-3,8-10H2,1H3. The van der Waals surface area contributed by atoms with Crippen molar-refractivity contribution in [1.29, 1.82) is 0 Å². The lowest BCUT2D eigenvalue weighted by molar-refractivity contribution is 0.0161. The molecule has 110 valence electrons. The molecular weight excluding hydrogens is 280 g/mol. The van der Waals surface area contributed by atoms with Gasteiger partial charge in [0.2, 0.25) is 0 Å². The monoisotopic (exact) mass is 298 g/mol. The van der Waals surface area contributed by atoms with E-state index in [2.05, 4.69) is 0 Å². The average molecular weight is 298 g/mol. The molecule has 0 amide bonds. The molecule has 1 aromatic rings. The Morgan fingerprint density at radius 3 is 2.60 bits per heavy atom. The SMILES string of the molecule is CS(=O)(=O)Cc1ccc(C(=O)OCC2CCCO2)cc1. The van der Waals surface area contributed by atoms with Crippen LogP contribution >= 0.6 is 0 Å². The molecule has 1 unspecified atom stereocenters. The highest BCUT2D eigenvalue weighted by Gasteiger charge is 2.18. The van der Waals surface area contributed by atoms with Crippen molar-refractivity contribution in [3.8, 4) is 0 Å². The number of carbonyl (C=O) groups is 1. The van der Waals surface area contributed by atoms with Gasteiger partial charge >= 0.3 is 5.97 Å². The van der Waals surface area contributed by atoms with Crippen molar-refractivity contribution in [3.63, 3.8) is 0 Å². The molecule has 1 fully saturated rings. The minimum absolute atomic E-state index is 0.00320. The van der Waals surface area contributed by atoms with E-state index < -0.39 is 15.8 Å². The van der Waals surface area contributed by atoms with Crippen LogP contribution in [0.1, 0.15) is 28.8 Å². The quantitative estimate of drug-likeness (QED) is 0.772. The first-order valence-electron chi connectivity index (χ1n) is 6.49. The second-order valence-corrected chi connectivity index (χ2v) is 7.14. The molecule has 0 aromatic heterocycles. The third kappa shape index (κ3) is 4.61. The van der Waals surface area contributed by atoms with Crippen LogP contribution in [0, 0.1) is 0 Å². The van der Waals surface area contributed by atoms with Crippen molar-refractivity contribution in [2.24, 2.45) is 0 Å². The summed E-state index contributed by atoms with van der Waals surface area (Å²) in [5.41, 5.74) is 1.07. The van der Waals surface area contributed by atoms with E-state index >= 15 is 0 Å². The molecule has 1 aromatic carbocycles. The minimum Gasteiger partial charge on any atom is -0.459 e. The Kier molecular flexibility index (Phi) is 4.77. The third-order valence-electron chi connectivity index (χ3n) is 3.04. The van der Waals surface area contributed by atoms with Crippen LogP contribution in [0.15, 0.2) is 24.3 Å². The zero-order chi connectivity index (χ0) is 14.6. The number of ether oxygens (including phenoxy) is 2. The molecule has 2 rings (SSSR count). The molecule has 0 N–H and O–H groups in total. The molecule has 1 heterocycles. The van der Waals surface area contributed by atoms with Crippen LogP contribution in [0.3, 0.4) is 0 Å². The smallest absolute Gasteiger partial charge is 0.338 e. The van der Waals surface area contributed by atoms with Crippen LogP contribution in [0.4, 0.5) is 0 Å². The van der Waals surface area contributed by atoms with Gasteiger partial charge in [-0.1, -0.05) is 12.1 Å². The van der Waals surface area contributed by atoms with Gasteiger partial charge in [-0.25, -0.2) is 13.2 Å². The fraction of sp³-hybridized carbons (Fsp3) is 0.500. The Morgan fingerprint density at radius 2 is 2.05 bits per heavy atom. The Bertz CT molecular complexity index is 556. The van der Waals surface area contributed by atoms with Gasteiger partial charge in [-0.3, -0.25) is 0 Å². The summed E-state index contributed by atoms with van der Waals surface area (Å²) < 4.78 is 32.9. The Hall–Kier alpha value is -1.40. The van der Waals surface area contributed by atoms with Crippen LogP contribution in [0.2, 0.25) is 0 Å². The van der Waals surface area contributed by atoms with Crippen LogP contribution in [0.5, 0.6) is 0 Å². The Morgan fingerprint density at radius 1 is 1.35 bits per heavy atom. The summed E-state index contributed by atoms with van der Waals surface area (Å²) in [7, 11) is -3.06. The van der Waals surface area contributed by atoms with Crippen LogP contribution in [-0.4, -0.2) is 40.0 Å². The minimum atomic E-state index is -3.06. The first-order valence-corrected chi connectivity index (χ1v) is 8.55. The molecule has 20 heavy (non-hydrogen) atoms. The second kappa shape index (κ2) is 6.37. The lowest BCUT2D eigenvalue weighted by Crippen LogP contribution is -2.17. The van der Waals surface area contributed by atoms with Crippen molar-refractivity contribution in [2.75, 3.05) is 19.5 Å². The van der Waals surface area contributed by atoms with Gasteiger partial charge in [-0.15, -0.1) is 0 Å². The van der Waals surface area contributed by atoms with Gasteiger partial charge in [0.1, 0.15) is 6.61 Å². The van der Waals surface area contributed by atoms with E-state index in [4.69, 9.17) is 9.47 Å². The Labute approximate surface area is 118 Å². The Balaban J connectivity index is 1.90.